The molecule has 6 heteroatoms. The van der Waals surface area contributed by atoms with Crippen molar-refractivity contribution in [1.82, 2.24) is 14.9 Å². The van der Waals surface area contributed by atoms with Crippen LogP contribution >= 0.6 is 11.3 Å². The molecule has 0 saturated carbocycles. The summed E-state index contributed by atoms with van der Waals surface area (Å²) in [5, 5.41) is 10.3. The second kappa shape index (κ2) is 4.95. The number of aliphatic hydroxyl groups excluding tert-OH is 1. The van der Waals surface area contributed by atoms with Gasteiger partial charge in [0, 0.05) is 18.0 Å². The Morgan fingerprint density at radius 2 is 2.25 bits per heavy atom. The molecule has 1 fully saturated rings. The number of H-pyrrole nitrogens is 1. The molecule has 2 aromatic rings. The molecule has 1 aliphatic rings. The molecule has 3 rings (SSSR count). The summed E-state index contributed by atoms with van der Waals surface area (Å²) < 4.78 is 0. The molecule has 2 atom stereocenters. The number of aromatic amines is 1. The predicted molar refractivity (Wildman–Crippen MR) is 80.3 cm³/mol. The molecule has 0 radical (unpaired) electrons. The number of aryl methyl sites for hydroxylation is 2. The molecule has 0 amide bonds. The van der Waals surface area contributed by atoms with Crippen LogP contribution in [0.4, 0.5) is 0 Å². The van der Waals surface area contributed by atoms with Crippen molar-refractivity contribution in [3.8, 4) is 0 Å². The first-order valence-electron chi connectivity index (χ1n) is 6.89. The van der Waals surface area contributed by atoms with Crippen molar-refractivity contribution in [2.24, 2.45) is 0 Å². The highest BCUT2D eigenvalue weighted by Crippen LogP contribution is 2.28. The Hall–Kier alpha value is -1.24. The van der Waals surface area contributed by atoms with E-state index >= 15 is 0 Å². The lowest BCUT2D eigenvalue weighted by atomic mass is 10.2. The Bertz CT molecular complexity index is 706. The van der Waals surface area contributed by atoms with Gasteiger partial charge >= 0.3 is 0 Å². The summed E-state index contributed by atoms with van der Waals surface area (Å²) in [4.78, 5) is 23.9. The largest absolute Gasteiger partial charge is 0.392 e. The van der Waals surface area contributed by atoms with Crippen LogP contribution in [0.25, 0.3) is 10.2 Å². The molecule has 3 heterocycles. The molecule has 1 aliphatic heterocycles. The molecule has 0 aromatic carbocycles. The van der Waals surface area contributed by atoms with E-state index in [0.717, 1.165) is 28.2 Å². The van der Waals surface area contributed by atoms with Crippen molar-refractivity contribution in [2.75, 3.05) is 13.1 Å². The molecule has 108 valence electrons. The van der Waals surface area contributed by atoms with E-state index in [2.05, 4.69) is 14.9 Å². The van der Waals surface area contributed by atoms with E-state index in [1.165, 1.54) is 0 Å². The molecule has 1 saturated heterocycles. The third-order valence-electron chi connectivity index (χ3n) is 4.20. The van der Waals surface area contributed by atoms with E-state index in [1.54, 1.807) is 11.3 Å². The van der Waals surface area contributed by atoms with Gasteiger partial charge in [0.1, 0.15) is 10.7 Å². The third-order valence-corrected chi connectivity index (χ3v) is 5.30. The minimum atomic E-state index is -0.265. The maximum atomic E-state index is 12.3. The lowest BCUT2D eigenvalue weighted by Gasteiger charge is -2.22. The number of hydrogen-bond donors (Lipinski definition) is 2. The van der Waals surface area contributed by atoms with Crippen molar-refractivity contribution in [3.63, 3.8) is 0 Å². The summed E-state index contributed by atoms with van der Waals surface area (Å²) in [5.41, 5.74) is 0.966. The fraction of sp³-hybridized carbons (Fsp3) is 0.571. The van der Waals surface area contributed by atoms with Crippen molar-refractivity contribution < 1.29 is 5.11 Å². The smallest absolute Gasteiger partial charge is 0.259 e. The minimum Gasteiger partial charge on any atom is -0.392 e. The van der Waals surface area contributed by atoms with Gasteiger partial charge in [-0.05, 0) is 32.8 Å². The average molecular weight is 293 g/mol. The number of aromatic nitrogens is 2. The number of likely N-dealkylation sites (tertiary alicyclic amines) is 1. The van der Waals surface area contributed by atoms with Crippen molar-refractivity contribution >= 4 is 21.6 Å². The Balaban J connectivity index is 2.02. The van der Waals surface area contributed by atoms with Gasteiger partial charge in [-0.2, -0.15) is 0 Å². The fourth-order valence-corrected chi connectivity index (χ4v) is 3.80. The number of fused-ring (bicyclic) bond motifs is 1. The van der Waals surface area contributed by atoms with Crippen LogP contribution in [-0.4, -0.2) is 39.2 Å². The molecule has 0 spiro atoms. The van der Waals surface area contributed by atoms with E-state index in [9.17, 15) is 9.90 Å². The summed E-state index contributed by atoms with van der Waals surface area (Å²) in [6, 6.07) is 0.0203. The van der Waals surface area contributed by atoms with Crippen LogP contribution in [0.1, 0.15) is 35.7 Å². The van der Waals surface area contributed by atoms with Crippen LogP contribution in [0.2, 0.25) is 0 Å². The van der Waals surface area contributed by atoms with E-state index < -0.39 is 0 Å². The predicted octanol–water partition coefficient (Wildman–Crippen LogP) is 1.73. The Morgan fingerprint density at radius 3 is 2.90 bits per heavy atom. The third kappa shape index (κ3) is 2.17. The Labute approximate surface area is 121 Å². The Kier molecular flexibility index (Phi) is 3.40. The monoisotopic (exact) mass is 293 g/mol. The second-order valence-electron chi connectivity index (χ2n) is 5.53. The second-order valence-corrected chi connectivity index (χ2v) is 6.73. The highest BCUT2D eigenvalue weighted by molar-refractivity contribution is 7.18. The first-order chi connectivity index (χ1) is 9.47. The fourth-order valence-electron chi connectivity index (χ4n) is 2.76. The highest BCUT2D eigenvalue weighted by atomic mass is 32.1. The van der Waals surface area contributed by atoms with Crippen LogP contribution in [-0.2, 0) is 0 Å². The van der Waals surface area contributed by atoms with Gasteiger partial charge in [-0.1, -0.05) is 0 Å². The van der Waals surface area contributed by atoms with Crippen LogP contribution in [0.3, 0.4) is 0 Å². The first-order valence-corrected chi connectivity index (χ1v) is 7.71. The topological polar surface area (TPSA) is 69.2 Å². The molecule has 0 bridgehead atoms. The zero-order valence-electron chi connectivity index (χ0n) is 11.9. The number of nitrogens with zero attached hydrogens (tertiary/aromatic N) is 2. The average Bonchev–Trinajstić information content (AvgIpc) is 2.94. The standard InChI is InChI=1S/C14H19N3O2S/c1-7-9(3)20-14-11(7)13(19)15-12(16-14)8(2)17-5-4-10(18)6-17/h8,10,18H,4-6H2,1-3H3,(H,15,16,19)/t8?,10-/m0/s1. The molecule has 2 N–H and O–H groups in total. The van der Waals surface area contributed by atoms with Gasteiger partial charge in [0.05, 0.1) is 17.5 Å². The van der Waals surface area contributed by atoms with Crippen molar-refractivity contribution in [2.45, 2.75) is 39.3 Å². The molecule has 2 aromatic heterocycles. The summed E-state index contributed by atoms with van der Waals surface area (Å²) in [7, 11) is 0. The molecular weight excluding hydrogens is 274 g/mol. The number of thiophene rings is 1. The molecular formula is C14H19N3O2S. The lowest BCUT2D eigenvalue weighted by molar-refractivity contribution is 0.161. The normalized spacial score (nSPS) is 21.7. The van der Waals surface area contributed by atoms with Gasteiger partial charge in [-0.15, -0.1) is 11.3 Å². The number of hydrogen-bond acceptors (Lipinski definition) is 5. The van der Waals surface area contributed by atoms with E-state index in [-0.39, 0.29) is 17.7 Å². The van der Waals surface area contributed by atoms with Gasteiger partial charge in [0.25, 0.3) is 5.56 Å². The van der Waals surface area contributed by atoms with Gasteiger partial charge in [-0.25, -0.2) is 4.98 Å². The zero-order chi connectivity index (χ0) is 14.4. The molecule has 0 aliphatic carbocycles. The van der Waals surface area contributed by atoms with E-state index in [1.807, 2.05) is 20.8 Å². The number of nitrogens with one attached hydrogen (secondary N) is 1. The van der Waals surface area contributed by atoms with Crippen molar-refractivity contribution in [3.05, 3.63) is 26.6 Å². The summed E-state index contributed by atoms with van der Waals surface area (Å²) in [6.45, 7) is 7.49. The van der Waals surface area contributed by atoms with E-state index in [4.69, 9.17) is 0 Å². The maximum Gasteiger partial charge on any atom is 0.259 e. The van der Waals surface area contributed by atoms with Gasteiger partial charge in [0.15, 0.2) is 0 Å². The SMILES string of the molecule is Cc1sc2nc(C(C)N3CC[C@H](O)C3)[nH]c(=O)c2c1C. The molecule has 5 nitrogen and oxygen atoms in total. The van der Waals surface area contributed by atoms with Crippen LogP contribution < -0.4 is 5.56 Å². The number of aliphatic hydroxyl groups is 1. The Morgan fingerprint density at radius 1 is 1.50 bits per heavy atom. The maximum absolute atomic E-state index is 12.3. The highest BCUT2D eigenvalue weighted by Gasteiger charge is 2.27. The number of β-amino-alcohol motifs (C(OH)–C–C–N with tert-alkyl or cyclic N) is 1. The van der Waals surface area contributed by atoms with Gasteiger partial charge < -0.3 is 10.1 Å². The van der Waals surface area contributed by atoms with Crippen LogP contribution in [0.15, 0.2) is 4.79 Å². The number of rotatable bonds is 2. The minimum absolute atomic E-state index is 0.0203. The molecule has 1 unspecified atom stereocenters. The quantitative estimate of drug-likeness (QED) is 0.885. The summed E-state index contributed by atoms with van der Waals surface area (Å²) >= 11 is 1.57. The van der Waals surface area contributed by atoms with Crippen molar-refractivity contribution in [1.29, 1.82) is 0 Å². The lowest BCUT2D eigenvalue weighted by Crippen LogP contribution is -2.28. The first kappa shape index (κ1) is 13.7. The zero-order valence-corrected chi connectivity index (χ0v) is 12.8. The van der Waals surface area contributed by atoms with Gasteiger partial charge in [-0.3, -0.25) is 9.69 Å². The molecule has 20 heavy (non-hydrogen) atoms. The van der Waals surface area contributed by atoms with E-state index in [0.29, 0.717) is 17.8 Å². The van der Waals surface area contributed by atoms with Crippen LogP contribution in [0, 0.1) is 13.8 Å². The van der Waals surface area contributed by atoms with Gasteiger partial charge in [0.2, 0.25) is 0 Å². The summed E-state index contributed by atoms with van der Waals surface area (Å²) in [6.07, 6.45) is 0.521. The summed E-state index contributed by atoms with van der Waals surface area (Å²) in [5.74, 6) is 0.692. The van der Waals surface area contributed by atoms with Crippen LogP contribution in [0.5, 0.6) is 0 Å².